The highest BCUT2D eigenvalue weighted by Crippen LogP contribution is 2.14. The molecule has 0 fully saturated rings. The van der Waals surface area contributed by atoms with Crippen LogP contribution in [-0.4, -0.2) is 6.04 Å². The average Bonchev–Trinajstić information content (AvgIpc) is 2.81. The summed E-state index contributed by atoms with van der Waals surface area (Å²) in [6.45, 7) is 2.17. The number of rotatable bonds is 5. The molecule has 0 radical (unpaired) electrons. The van der Waals surface area contributed by atoms with Crippen molar-refractivity contribution >= 4 is 11.3 Å². The van der Waals surface area contributed by atoms with Gasteiger partial charge in [-0.25, -0.2) is 0 Å². The Balaban J connectivity index is 1.84. The summed E-state index contributed by atoms with van der Waals surface area (Å²) in [4.78, 5) is 1.39. The fourth-order valence-corrected chi connectivity index (χ4v) is 2.82. The van der Waals surface area contributed by atoms with Crippen LogP contribution < -0.4 is 5.73 Å². The van der Waals surface area contributed by atoms with Crippen LogP contribution in [-0.2, 0) is 12.8 Å². The van der Waals surface area contributed by atoms with Gasteiger partial charge in [-0.2, -0.15) is 0 Å². The largest absolute Gasteiger partial charge is 0.327 e. The fourth-order valence-electron chi connectivity index (χ4n) is 2.02. The Labute approximate surface area is 107 Å². The number of thiophene rings is 1. The second-order valence-corrected chi connectivity index (χ2v) is 5.54. The van der Waals surface area contributed by atoms with Crippen LogP contribution in [0.15, 0.2) is 41.8 Å². The Morgan fingerprint density at radius 2 is 2.00 bits per heavy atom. The van der Waals surface area contributed by atoms with Crippen LogP contribution in [0.3, 0.4) is 0 Å². The molecule has 1 unspecified atom stereocenters. The summed E-state index contributed by atoms with van der Waals surface area (Å²) in [5, 5.41) is 2.11. The lowest BCUT2D eigenvalue weighted by atomic mass is 10.00. The Morgan fingerprint density at radius 3 is 2.71 bits per heavy atom. The van der Waals surface area contributed by atoms with Crippen molar-refractivity contribution in [3.63, 3.8) is 0 Å². The standard InChI is InChI=1S/C15H19NS/c1-12-5-2-3-6-13(12)8-9-14(16)11-15-7-4-10-17-15/h2-7,10,14H,8-9,11,16H2,1H3. The molecule has 2 N–H and O–H groups in total. The Morgan fingerprint density at radius 1 is 1.18 bits per heavy atom. The highest BCUT2D eigenvalue weighted by atomic mass is 32.1. The van der Waals surface area contributed by atoms with Gasteiger partial charge in [-0.3, -0.25) is 0 Å². The number of nitrogens with two attached hydrogens (primary N) is 1. The lowest BCUT2D eigenvalue weighted by Crippen LogP contribution is -2.23. The first kappa shape index (κ1) is 12.3. The molecule has 1 nitrogen and oxygen atoms in total. The maximum absolute atomic E-state index is 6.17. The van der Waals surface area contributed by atoms with Gasteiger partial charge < -0.3 is 5.73 Å². The smallest absolute Gasteiger partial charge is 0.00903 e. The fraction of sp³-hybridized carbons (Fsp3) is 0.333. The van der Waals surface area contributed by atoms with E-state index >= 15 is 0 Å². The van der Waals surface area contributed by atoms with E-state index in [0.717, 1.165) is 19.3 Å². The van der Waals surface area contributed by atoms with Crippen molar-refractivity contribution in [3.05, 3.63) is 57.8 Å². The molecule has 2 heteroatoms. The third-order valence-electron chi connectivity index (χ3n) is 3.09. The molecule has 0 saturated carbocycles. The molecular weight excluding hydrogens is 226 g/mol. The molecule has 0 bridgehead atoms. The van der Waals surface area contributed by atoms with E-state index in [1.54, 1.807) is 11.3 Å². The van der Waals surface area contributed by atoms with Crippen molar-refractivity contribution in [1.29, 1.82) is 0 Å². The molecule has 0 aliphatic heterocycles. The summed E-state index contributed by atoms with van der Waals surface area (Å²) in [6.07, 6.45) is 3.14. The summed E-state index contributed by atoms with van der Waals surface area (Å²) >= 11 is 1.80. The quantitative estimate of drug-likeness (QED) is 0.856. The zero-order valence-electron chi connectivity index (χ0n) is 10.2. The monoisotopic (exact) mass is 245 g/mol. The van der Waals surface area contributed by atoms with Crippen LogP contribution in [0.4, 0.5) is 0 Å². The molecular formula is C15H19NS. The first-order chi connectivity index (χ1) is 8.25. The first-order valence-corrected chi connectivity index (χ1v) is 6.96. The van der Waals surface area contributed by atoms with Gasteiger partial charge in [0.25, 0.3) is 0 Å². The van der Waals surface area contributed by atoms with Crippen molar-refractivity contribution in [3.8, 4) is 0 Å². The molecule has 0 spiro atoms. The van der Waals surface area contributed by atoms with Crippen LogP contribution in [0.25, 0.3) is 0 Å². The zero-order valence-corrected chi connectivity index (χ0v) is 11.0. The molecule has 90 valence electrons. The number of aryl methyl sites for hydroxylation is 2. The Bertz CT molecular complexity index is 448. The maximum atomic E-state index is 6.17. The van der Waals surface area contributed by atoms with Gasteiger partial charge >= 0.3 is 0 Å². The van der Waals surface area contributed by atoms with Gasteiger partial charge in [0.05, 0.1) is 0 Å². The molecule has 2 aromatic rings. The van der Waals surface area contributed by atoms with Crippen molar-refractivity contribution in [2.75, 3.05) is 0 Å². The summed E-state index contributed by atoms with van der Waals surface area (Å²) in [5.74, 6) is 0. The van der Waals surface area contributed by atoms with E-state index < -0.39 is 0 Å². The number of hydrogen-bond acceptors (Lipinski definition) is 2. The molecule has 1 aromatic heterocycles. The van der Waals surface area contributed by atoms with Crippen molar-refractivity contribution in [2.24, 2.45) is 5.73 Å². The molecule has 0 amide bonds. The van der Waals surface area contributed by atoms with E-state index in [9.17, 15) is 0 Å². The van der Waals surface area contributed by atoms with E-state index in [-0.39, 0.29) is 6.04 Å². The Kier molecular flexibility index (Phi) is 4.35. The van der Waals surface area contributed by atoms with Crippen LogP contribution in [0.1, 0.15) is 22.4 Å². The minimum absolute atomic E-state index is 0.272. The van der Waals surface area contributed by atoms with Crippen LogP contribution in [0.2, 0.25) is 0 Å². The summed E-state index contributed by atoms with van der Waals surface area (Å²) in [7, 11) is 0. The summed E-state index contributed by atoms with van der Waals surface area (Å²) < 4.78 is 0. The van der Waals surface area contributed by atoms with Gasteiger partial charge in [-0.05, 0) is 48.8 Å². The van der Waals surface area contributed by atoms with Gasteiger partial charge in [-0.1, -0.05) is 30.3 Å². The van der Waals surface area contributed by atoms with E-state index in [1.807, 2.05) is 0 Å². The molecule has 17 heavy (non-hydrogen) atoms. The normalized spacial score (nSPS) is 12.6. The molecule has 0 aliphatic carbocycles. The van der Waals surface area contributed by atoms with Gasteiger partial charge in [-0.15, -0.1) is 11.3 Å². The highest BCUT2D eigenvalue weighted by molar-refractivity contribution is 7.09. The van der Waals surface area contributed by atoms with Crippen molar-refractivity contribution in [1.82, 2.24) is 0 Å². The SMILES string of the molecule is Cc1ccccc1CCC(N)Cc1cccs1. The molecule has 2 rings (SSSR count). The van der Waals surface area contributed by atoms with Gasteiger partial charge in [0.1, 0.15) is 0 Å². The first-order valence-electron chi connectivity index (χ1n) is 6.08. The predicted molar refractivity (Wildman–Crippen MR) is 75.5 cm³/mol. The molecule has 0 aliphatic rings. The zero-order chi connectivity index (χ0) is 12.1. The lowest BCUT2D eigenvalue weighted by Gasteiger charge is -2.11. The minimum atomic E-state index is 0.272. The summed E-state index contributed by atoms with van der Waals surface area (Å²) in [6, 6.07) is 13.1. The molecule has 1 heterocycles. The van der Waals surface area contributed by atoms with E-state index in [0.29, 0.717) is 0 Å². The van der Waals surface area contributed by atoms with E-state index in [4.69, 9.17) is 5.73 Å². The Hall–Kier alpha value is -1.12. The summed E-state index contributed by atoms with van der Waals surface area (Å²) in [5.41, 5.74) is 8.97. The highest BCUT2D eigenvalue weighted by Gasteiger charge is 2.06. The van der Waals surface area contributed by atoms with Crippen LogP contribution in [0, 0.1) is 6.92 Å². The molecule has 0 saturated heterocycles. The second-order valence-electron chi connectivity index (χ2n) is 4.51. The van der Waals surface area contributed by atoms with Crippen molar-refractivity contribution < 1.29 is 0 Å². The van der Waals surface area contributed by atoms with Gasteiger partial charge in [0.15, 0.2) is 0 Å². The van der Waals surface area contributed by atoms with Gasteiger partial charge in [0.2, 0.25) is 0 Å². The average molecular weight is 245 g/mol. The third kappa shape index (κ3) is 3.69. The minimum Gasteiger partial charge on any atom is -0.327 e. The number of hydrogen-bond donors (Lipinski definition) is 1. The maximum Gasteiger partial charge on any atom is 0.00903 e. The van der Waals surface area contributed by atoms with Crippen LogP contribution >= 0.6 is 11.3 Å². The lowest BCUT2D eigenvalue weighted by molar-refractivity contribution is 0.614. The van der Waals surface area contributed by atoms with E-state index in [2.05, 4.69) is 48.7 Å². The van der Waals surface area contributed by atoms with Crippen LogP contribution in [0.5, 0.6) is 0 Å². The third-order valence-corrected chi connectivity index (χ3v) is 3.99. The predicted octanol–water partition coefficient (Wildman–Crippen LogP) is 3.56. The van der Waals surface area contributed by atoms with Crippen molar-refractivity contribution in [2.45, 2.75) is 32.2 Å². The molecule has 1 atom stereocenters. The van der Waals surface area contributed by atoms with E-state index in [1.165, 1.54) is 16.0 Å². The second kappa shape index (κ2) is 5.99. The topological polar surface area (TPSA) is 26.0 Å². The molecule has 1 aromatic carbocycles. The van der Waals surface area contributed by atoms with Gasteiger partial charge in [0, 0.05) is 10.9 Å². The number of benzene rings is 1.